The molecule has 1 N–H and O–H groups in total. The summed E-state index contributed by atoms with van der Waals surface area (Å²) in [4.78, 5) is 20.4. The lowest BCUT2D eigenvalue weighted by Gasteiger charge is -2.04. The van der Waals surface area contributed by atoms with Crippen molar-refractivity contribution >= 4 is 11.7 Å². The molecule has 0 aromatic heterocycles. The summed E-state index contributed by atoms with van der Waals surface area (Å²) in [6.07, 6.45) is 1.61. The second-order valence-corrected chi connectivity index (χ2v) is 3.73. The molecule has 0 spiro atoms. The zero-order valence-corrected chi connectivity index (χ0v) is 8.14. The number of nitro benzene ring substituents is 1. The Morgan fingerprint density at radius 3 is 2.56 bits per heavy atom. The predicted molar refractivity (Wildman–Crippen MR) is 52.0 cm³/mol. The third kappa shape index (κ3) is 1.73. The minimum atomic E-state index is -1.26. The van der Waals surface area contributed by atoms with Crippen molar-refractivity contribution in [1.29, 1.82) is 0 Å². The number of nitrogens with zero attached hydrogens (tertiary/aromatic N) is 1. The van der Waals surface area contributed by atoms with Gasteiger partial charge in [0.2, 0.25) is 5.82 Å². The van der Waals surface area contributed by atoms with Gasteiger partial charge >= 0.3 is 11.7 Å². The van der Waals surface area contributed by atoms with Crippen molar-refractivity contribution < 1.29 is 19.2 Å². The van der Waals surface area contributed by atoms with Gasteiger partial charge in [-0.25, -0.2) is 4.79 Å². The molecule has 0 bridgehead atoms. The van der Waals surface area contributed by atoms with E-state index in [1.165, 1.54) is 0 Å². The number of hydrogen-bond acceptors (Lipinski definition) is 3. The molecule has 1 fully saturated rings. The van der Waals surface area contributed by atoms with Gasteiger partial charge in [0.05, 0.1) is 10.5 Å². The molecule has 1 aromatic rings. The van der Waals surface area contributed by atoms with Gasteiger partial charge < -0.3 is 5.11 Å². The number of carboxylic acid groups (broad SMARTS) is 1. The van der Waals surface area contributed by atoms with Gasteiger partial charge in [-0.2, -0.15) is 4.39 Å². The van der Waals surface area contributed by atoms with E-state index in [1.807, 2.05) is 0 Å². The molecule has 2 rings (SSSR count). The molecule has 6 heteroatoms. The fourth-order valence-electron chi connectivity index (χ4n) is 1.63. The maximum Gasteiger partial charge on any atom is 0.336 e. The smallest absolute Gasteiger partial charge is 0.336 e. The molecule has 0 radical (unpaired) electrons. The number of benzene rings is 1. The highest BCUT2D eigenvalue weighted by Gasteiger charge is 2.31. The van der Waals surface area contributed by atoms with Crippen LogP contribution in [0, 0.1) is 15.9 Å². The molecule has 1 saturated carbocycles. The van der Waals surface area contributed by atoms with Crippen LogP contribution in [-0.2, 0) is 0 Å². The molecule has 0 saturated heterocycles. The van der Waals surface area contributed by atoms with Crippen molar-refractivity contribution in [3.05, 3.63) is 39.2 Å². The van der Waals surface area contributed by atoms with E-state index in [0.29, 0.717) is 5.56 Å². The van der Waals surface area contributed by atoms with Gasteiger partial charge in [-0.1, -0.05) is 0 Å². The molecule has 0 aliphatic heterocycles. The van der Waals surface area contributed by atoms with E-state index in [0.717, 1.165) is 25.0 Å². The summed E-state index contributed by atoms with van der Waals surface area (Å²) < 4.78 is 13.3. The lowest BCUT2D eigenvalue weighted by molar-refractivity contribution is -0.387. The molecule has 5 nitrogen and oxygen atoms in total. The molecule has 1 aliphatic carbocycles. The third-order valence-corrected chi connectivity index (χ3v) is 2.56. The standard InChI is InChI=1S/C10H8FNO4/c11-8-3-6(5-1-2-5)7(10(13)14)4-9(8)12(15)16/h3-5H,1-2H2,(H,13,14). The summed E-state index contributed by atoms with van der Waals surface area (Å²) in [5, 5.41) is 19.4. The van der Waals surface area contributed by atoms with E-state index in [1.54, 1.807) is 0 Å². The summed E-state index contributed by atoms with van der Waals surface area (Å²) in [6.45, 7) is 0. The average Bonchev–Trinajstić information content (AvgIpc) is 2.99. The zero-order valence-electron chi connectivity index (χ0n) is 8.14. The van der Waals surface area contributed by atoms with Crippen LogP contribution in [-0.4, -0.2) is 16.0 Å². The van der Waals surface area contributed by atoms with Crippen molar-refractivity contribution in [1.82, 2.24) is 0 Å². The Morgan fingerprint density at radius 2 is 2.12 bits per heavy atom. The van der Waals surface area contributed by atoms with Crippen molar-refractivity contribution in [2.75, 3.05) is 0 Å². The number of rotatable bonds is 3. The third-order valence-electron chi connectivity index (χ3n) is 2.56. The molecule has 84 valence electrons. The summed E-state index contributed by atoms with van der Waals surface area (Å²) in [7, 11) is 0. The fraction of sp³-hybridized carbons (Fsp3) is 0.300. The molecule has 0 atom stereocenters. The van der Waals surface area contributed by atoms with Crippen LogP contribution >= 0.6 is 0 Å². The normalized spacial score (nSPS) is 14.8. The highest BCUT2D eigenvalue weighted by Crippen LogP contribution is 2.43. The minimum absolute atomic E-state index is 0.0291. The Morgan fingerprint density at radius 1 is 1.50 bits per heavy atom. The van der Waals surface area contributed by atoms with Crippen molar-refractivity contribution in [2.45, 2.75) is 18.8 Å². The first-order valence-electron chi connectivity index (χ1n) is 4.72. The minimum Gasteiger partial charge on any atom is -0.478 e. The van der Waals surface area contributed by atoms with Gasteiger partial charge in [0, 0.05) is 6.07 Å². The summed E-state index contributed by atoms with van der Waals surface area (Å²) in [6, 6.07) is 1.77. The number of halogens is 1. The highest BCUT2D eigenvalue weighted by atomic mass is 19.1. The molecule has 0 amide bonds. The van der Waals surface area contributed by atoms with Crippen LogP contribution in [0.5, 0.6) is 0 Å². The van der Waals surface area contributed by atoms with E-state index in [4.69, 9.17) is 5.11 Å². The van der Waals surface area contributed by atoms with Crippen molar-refractivity contribution in [3.63, 3.8) is 0 Å². The SMILES string of the molecule is O=C(O)c1cc([N+](=O)[O-])c(F)cc1C1CC1. The summed E-state index contributed by atoms with van der Waals surface area (Å²) in [5.41, 5.74) is -0.604. The van der Waals surface area contributed by atoms with Crippen LogP contribution in [0.15, 0.2) is 12.1 Å². The van der Waals surface area contributed by atoms with E-state index >= 15 is 0 Å². The lowest BCUT2D eigenvalue weighted by Crippen LogP contribution is -2.05. The van der Waals surface area contributed by atoms with E-state index < -0.39 is 22.4 Å². The van der Waals surface area contributed by atoms with Gasteiger partial charge in [0.1, 0.15) is 0 Å². The monoisotopic (exact) mass is 225 g/mol. The first kappa shape index (κ1) is 10.5. The van der Waals surface area contributed by atoms with Gasteiger partial charge in [-0.15, -0.1) is 0 Å². The molecule has 0 unspecified atom stereocenters. The maximum absolute atomic E-state index is 13.3. The lowest BCUT2D eigenvalue weighted by atomic mass is 10.0. The maximum atomic E-state index is 13.3. The number of nitro groups is 1. The van der Waals surface area contributed by atoms with Crippen LogP contribution < -0.4 is 0 Å². The average molecular weight is 225 g/mol. The Balaban J connectivity index is 2.58. The van der Waals surface area contributed by atoms with Crippen LogP contribution in [0.4, 0.5) is 10.1 Å². The Kier molecular flexibility index (Phi) is 2.34. The quantitative estimate of drug-likeness (QED) is 0.632. The summed E-state index contributed by atoms with van der Waals surface area (Å²) >= 11 is 0. The van der Waals surface area contributed by atoms with Crippen LogP contribution in [0.3, 0.4) is 0 Å². The Bertz CT molecular complexity index is 482. The largest absolute Gasteiger partial charge is 0.478 e. The van der Waals surface area contributed by atoms with Crippen molar-refractivity contribution in [3.8, 4) is 0 Å². The number of hydrogen-bond donors (Lipinski definition) is 1. The van der Waals surface area contributed by atoms with Crippen LogP contribution in [0.2, 0.25) is 0 Å². The number of carbonyl (C=O) groups is 1. The predicted octanol–water partition coefficient (Wildman–Crippen LogP) is 2.31. The first-order valence-corrected chi connectivity index (χ1v) is 4.72. The van der Waals surface area contributed by atoms with Gasteiger partial charge in [-0.05, 0) is 30.4 Å². The topological polar surface area (TPSA) is 80.4 Å². The molecule has 1 aromatic carbocycles. The summed E-state index contributed by atoms with van der Waals surface area (Å²) in [5.74, 6) is -2.21. The van der Waals surface area contributed by atoms with Gasteiger partial charge in [-0.3, -0.25) is 10.1 Å². The van der Waals surface area contributed by atoms with Crippen molar-refractivity contribution in [2.24, 2.45) is 0 Å². The van der Waals surface area contributed by atoms with Crippen LogP contribution in [0.1, 0.15) is 34.7 Å². The molecule has 1 aliphatic rings. The molecule has 0 heterocycles. The molecule has 16 heavy (non-hydrogen) atoms. The van der Waals surface area contributed by atoms with Gasteiger partial charge in [0.25, 0.3) is 0 Å². The van der Waals surface area contributed by atoms with Crippen LogP contribution in [0.25, 0.3) is 0 Å². The zero-order chi connectivity index (χ0) is 11.9. The number of aromatic carboxylic acids is 1. The van der Waals surface area contributed by atoms with E-state index in [9.17, 15) is 19.3 Å². The fourth-order valence-corrected chi connectivity index (χ4v) is 1.63. The second kappa shape index (κ2) is 3.55. The second-order valence-electron chi connectivity index (χ2n) is 3.73. The molecular formula is C10H8FNO4. The highest BCUT2D eigenvalue weighted by molar-refractivity contribution is 5.90. The first-order chi connectivity index (χ1) is 7.50. The Labute approximate surface area is 89.7 Å². The van der Waals surface area contributed by atoms with Gasteiger partial charge in [0.15, 0.2) is 0 Å². The number of carboxylic acids is 1. The Hall–Kier alpha value is -1.98. The molecular weight excluding hydrogens is 217 g/mol. The van der Waals surface area contributed by atoms with E-state index in [2.05, 4.69) is 0 Å². The van der Waals surface area contributed by atoms with E-state index in [-0.39, 0.29) is 11.5 Å².